The van der Waals surface area contributed by atoms with Gasteiger partial charge in [0.1, 0.15) is 0 Å². The molecule has 13 heavy (non-hydrogen) atoms. The number of aryl methyl sites for hydroxylation is 1. The van der Waals surface area contributed by atoms with Gasteiger partial charge in [-0.3, -0.25) is 5.10 Å². The van der Waals surface area contributed by atoms with Crippen molar-refractivity contribution in [3.05, 3.63) is 29.8 Å². The van der Waals surface area contributed by atoms with E-state index in [1.165, 1.54) is 0 Å². The summed E-state index contributed by atoms with van der Waals surface area (Å²) in [7, 11) is 0. The van der Waals surface area contributed by atoms with Gasteiger partial charge in [0.05, 0.1) is 18.4 Å². The van der Waals surface area contributed by atoms with Crippen LogP contribution in [0.1, 0.15) is 11.3 Å². The van der Waals surface area contributed by atoms with Gasteiger partial charge >= 0.3 is 0 Å². The van der Waals surface area contributed by atoms with Crippen molar-refractivity contribution in [1.82, 2.24) is 19.7 Å². The van der Waals surface area contributed by atoms with Crippen LogP contribution in [-0.4, -0.2) is 19.7 Å². The van der Waals surface area contributed by atoms with Gasteiger partial charge < -0.3 is 10.3 Å². The Labute approximate surface area is 75.6 Å². The number of nitrogens with zero attached hydrogens (tertiary/aromatic N) is 3. The Balaban J connectivity index is 2.23. The smallest absolute Gasteiger partial charge is 0.200 e. The molecule has 0 bridgehead atoms. The fraction of sp³-hybridized carbons (Fsp3) is 0.250. The average molecular weight is 177 g/mol. The minimum atomic E-state index is 0.540. The van der Waals surface area contributed by atoms with E-state index in [4.69, 9.17) is 5.73 Å². The van der Waals surface area contributed by atoms with Crippen LogP contribution in [0.15, 0.2) is 18.6 Å². The van der Waals surface area contributed by atoms with Crippen LogP contribution in [0, 0.1) is 6.92 Å². The molecule has 0 aromatic carbocycles. The van der Waals surface area contributed by atoms with Crippen molar-refractivity contribution in [3.63, 3.8) is 0 Å². The van der Waals surface area contributed by atoms with Gasteiger partial charge in [0.15, 0.2) is 0 Å². The topological polar surface area (TPSA) is 72.5 Å². The molecule has 0 saturated carbocycles. The number of hydrogen-bond donors (Lipinski definition) is 2. The highest BCUT2D eigenvalue weighted by molar-refractivity contribution is 5.23. The van der Waals surface area contributed by atoms with Crippen molar-refractivity contribution in [3.8, 4) is 0 Å². The first-order valence-electron chi connectivity index (χ1n) is 4.02. The van der Waals surface area contributed by atoms with Crippen molar-refractivity contribution in [2.45, 2.75) is 13.5 Å². The number of nitrogens with one attached hydrogen (secondary N) is 1. The molecule has 0 spiro atoms. The van der Waals surface area contributed by atoms with Crippen LogP contribution in [0.2, 0.25) is 0 Å². The lowest BCUT2D eigenvalue weighted by Crippen LogP contribution is -2.02. The van der Waals surface area contributed by atoms with Crippen molar-refractivity contribution < 1.29 is 0 Å². The standard InChI is InChI=1S/C8H11N5/c1-6-4-13(8(9)12-6)5-7-2-10-11-3-7/h2-4H,5H2,1H3,(H2,9,12)(H,10,11). The lowest BCUT2D eigenvalue weighted by molar-refractivity contribution is 0.811. The van der Waals surface area contributed by atoms with E-state index in [1.807, 2.05) is 23.9 Å². The van der Waals surface area contributed by atoms with Crippen molar-refractivity contribution in [1.29, 1.82) is 0 Å². The summed E-state index contributed by atoms with van der Waals surface area (Å²) in [5.41, 5.74) is 7.70. The molecule has 0 atom stereocenters. The van der Waals surface area contributed by atoms with Gasteiger partial charge in [-0.25, -0.2) is 4.98 Å². The maximum Gasteiger partial charge on any atom is 0.200 e. The number of nitrogen functional groups attached to an aromatic ring is 1. The molecular formula is C8H11N5. The minimum absolute atomic E-state index is 0.540. The van der Waals surface area contributed by atoms with Gasteiger partial charge in [0.2, 0.25) is 5.95 Å². The van der Waals surface area contributed by atoms with Gasteiger partial charge in [-0.15, -0.1) is 0 Å². The average Bonchev–Trinajstić information content (AvgIpc) is 2.63. The van der Waals surface area contributed by atoms with Gasteiger partial charge in [0, 0.05) is 18.0 Å². The van der Waals surface area contributed by atoms with Crippen LogP contribution in [0.4, 0.5) is 5.95 Å². The fourth-order valence-corrected chi connectivity index (χ4v) is 1.25. The molecule has 0 aliphatic rings. The highest BCUT2D eigenvalue weighted by Crippen LogP contribution is 2.07. The number of rotatable bonds is 2. The number of aromatic nitrogens is 4. The van der Waals surface area contributed by atoms with E-state index in [0.717, 1.165) is 11.3 Å². The zero-order valence-corrected chi connectivity index (χ0v) is 7.36. The van der Waals surface area contributed by atoms with E-state index in [9.17, 15) is 0 Å². The zero-order valence-electron chi connectivity index (χ0n) is 7.36. The number of aromatic amines is 1. The molecule has 0 aliphatic heterocycles. The third kappa shape index (κ3) is 1.53. The number of imidazole rings is 1. The summed E-state index contributed by atoms with van der Waals surface area (Å²) in [5, 5.41) is 6.61. The van der Waals surface area contributed by atoms with Crippen LogP contribution in [0.3, 0.4) is 0 Å². The van der Waals surface area contributed by atoms with Gasteiger partial charge in [-0.2, -0.15) is 5.10 Å². The molecule has 0 saturated heterocycles. The number of anilines is 1. The summed E-state index contributed by atoms with van der Waals surface area (Å²) >= 11 is 0. The summed E-state index contributed by atoms with van der Waals surface area (Å²) in [4.78, 5) is 4.10. The first kappa shape index (κ1) is 7.85. The Morgan fingerprint density at radius 3 is 3.00 bits per heavy atom. The summed E-state index contributed by atoms with van der Waals surface area (Å²) in [6, 6.07) is 0. The van der Waals surface area contributed by atoms with E-state index in [-0.39, 0.29) is 0 Å². The third-order valence-electron chi connectivity index (χ3n) is 1.84. The molecule has 0 unspecified atom stereocenters. The quantitative estimate of drug-likeness (QED) is 0.703. The first-order valence-corrected chi connectivity index (χ1v) is 4.02. The van der Waals surface area contributed by atoms with Crippen LogP contribution in [0.25, 0.3) is 0 Å². The zero-order chi connectivity index (χ0) is 9.26. The second kappa shape index (κ2) is 2.93. The summed E-state index contributed by atoms with van der Waals surface area (Å²) in [5.74, 6) is 0.540. The first-order chi connectivity index (χ1) is 6.25. The molecule has 2 aromatic rings. The highest BCUT2D eigenvalue weighted by Gasteiger charge is 2.02. The third-order valence-corrected chi connectivity index (χ3v) is 1.84. The second-order valence-corrected chi connectivity index (χ2v) is 2.97. The maximum absolute atomic E-state index is 5.68. The number of hydrogen-bond acceptors (Lipinski definition) is 3. The molecule has 5 nitrogen and oxygen atoms in total. The Hall–Kier alpha value is -1.78. The van der Waals surface area contributed by atoms with E-state index in [2.05, 4.69) is 15.2 Å². The molecule has 0 amide bonds. The normalized spacial score (nSPS) is 10.5. The Kier molecular flexibility index (Phi) is 1.77. The van der Waals surface area contributed by atoms with Crippen molar-refractivity contribution >= 4 is 5.95 Å². The molecule has 0 radical (unpaired) electrons. The van der Waals surface area contributed by atoms with Gasteiger partial charge in [-0.05, 0) is 6.92 Å². The molecule has 0 aliphatic carbocycles. The van der Waals surface area contributed by atoms with E-state index in [0.29, 0.717) is 12.5 Å². The molecule has 2 heterocycles. The van der Waals surface area contributed by atoms with E-state index >= 15 is 0 Å². The summed E-state index contributed by atoms with van der Waals surface area (Å²) < 4.78 is 1.89. The van der Waals surface area contributed by atoms with Crippen LogP contribution >= 0.6 is 0 Å². The fourth-order valence-electron chi connectivity index (χ4n) is 1.25. The molecule has 3 N–H and O–H groups in total. The Morgan fingerprint density at radius 1 is 1.62 bits per heavy atom. The molecule has 2 rings (SSSR count). The molecule has 2 aromatic heterocycles. The molecule has 68 valence electrons. The SMILES string of the molecule is Cc1cn(Cc2cn[nH]c2)c(N)n1. The number of nitrogens with two attached hydrogens (primary N) is 1. The van der Waals surface area contributed by atoms with Gasteiger partial charge in [-0.1, -0.05) is 0 Å². The Bertz CT molecular complexity index is 387. The maximum atomic E-state index is 5.68. The predicted octanol–water partition coefficient (Wildman–Crippen LogP) is 0.545. The van der Waals surface area contributed by atoms with E-state index < -0.39 is 0 Å². The lowest BCUT2D eigenvalue weighted by atomic mass is 10.3. The molecule has 5 heteroatoms. The van der Waals surface area contributed by atoms with Gasteiger partial charge in [0.25, 0.3) is 0 Å². The number of H-pyrrole nitrogens is 1. The monoisotopic (exact) mass is 177 g/mol. The summed E-state index contributed by atoms with van der Waals surface area (Å²) in [6.45, 7) is 2.63. The summed E-state index contributed by atoms with van der Waals surface area (Å²) in [6.07, 6.45) is 5.53. The van der Waals surface area contributed by atoms with Crippen LogP contribution in [-0.2, 0) is 6.54 Å². The highest BCUT2D eigenvalue weighted by atomic mass is 15.2. The van der Waals surface area contributed by atoms with Crippen LogP contribution < -0.4 is 5.73 Å². The Morgan fingerprint density at radius 2 is 2.46 bits per heavy atom. The molecular weight excluding hydrogens is 166 g/mol. The van der Waals surface area contributed by atoms with Crippen molar-refractivity contribution in [2.24, 2.45) is 0 Å². The van der Waals surface area contributed by atoms with E-state index in [1.54, 1.807) is 6.20 Å². The predicted molar refractivity (Wildman–Crippen MR) is 49.1 cm³/mol. The van der Waals surface area contributed by atoms with Crippen molar-refractivity contribution in [2.75, 3.05) is 5.73 Å². The largest absolute Gasteiger partial charge is 0.369 e. The van der Waals surface area contributed by atoms with Crippen LogP contribution in [0.5, 0.6) is 0 Å². The lowest BCUT2D eigenvalue weighted by Gasteiger charge is -2.00. The molecule has 0 fully saturated rings. The second-order valence-electron chi connectivity index (χ2n) is 2.97. The minimum Gasteiger partial charge on any atom is -0.369 e.